The number of carbonyl (C=O) groups is 1. The van der Waals surface area contributed by atoms with Crippen molar-refractivity contribution in [3.8, 4) is 11.5 Å². The monoisotopic (exact) mass is 354 g/mol. The minimum absolute atomic E-state index is 0.199. The van der Waals surface area contributed by atoms with Crippen molar-refractivity contribution >= 4 is 17.7 Å². The number of ketones is 1. The molecule has 0 spiro atoms. The second-order valence-electron chi connectivity index (χ2n) is 5.87. The van der Waals surface area contributed by atoms with Crippen LogP contribution in [0.4, 0.5) is 5.69 Å². The summed E-state index contributed by atoms with van der Waals surface area (Å²) >= 11 is 0. The molecular weight excluding hydrogens is 328 g/mol. The predicted octanol–water partition coefficient (Wildman–Crippen LogP) is 4.93. The molecule has 0 aliphatic heterocycles. The molecule has 2 rings (SSSR count). The fourth-order valence-corrected chi connectivity index (χ4v) is 2.41. The Hall–Kier alpha value is -2.82. The molecule has 0 amide bonds. The lowest BCUT2D eigenvalue weighted by Gasteiger charge is -2.09. The lowest BCUT2D eigenvalue weighted by Crippen LogP contribution is -2.07. The molecule has 2 aromatic carbocycles. The number of hydrogen-bond donors (Lipinski definition) is 1. The third-order valence-corrected chi connectivity index (χ3v) is 3.87. The maximum atomic E-state index is 12.4. The van der Waals surface area contributed by atoms with Gasteiger partial charge in [-0.2, -0.15) is 5.10 Å². The molecule has 1 N–H and O–H groups in total. The Morgan fingerprint density at radius 2 is 1.85 bits per heavy atom. The number of methoxy groups -OCH3 is 1. The van der Waals surface area contributed by atoms with Gasteiger partial charge in [0.1, 0.15) is 11.5 Å². The molecule has 0 bridgehead atoms. The number of unbranched alkanes of at least 4 members (excludes halogenated alkanes) is 3. The summed E-state index contributed by atoms with van der Waals surface area (Å²) in [6.45, 7) is 2.79. The number of hydrogen-bond acceptors (Lipinski definition) is 5. The molecule has 5 nitrogen and oxygen atoms in total. The van der Waals surface area contributed by atoms with E-state index in [0.717, 1.165) is 24.3 Å². The number of benzene rings is 2. The molecule has 0 radical (unpaired) electrons. The van der Waals surface area contributed by atoms with Gasteiger partial charge in [0.15, 0.2) is 0 Å². The van der Waals surface area contributed by atoms with Crippen molar-refractivity contribution in [2.24, 2.45) is 5.10 Å². The molecule has 0 atom stereocenters. The Morgan fingerprint density at radius 1 is 1.08 bits per heavy atom. The van der Waals surface area contributed by atoms with Crippen LogP contribution < -0.4 is 14.9 Å². The first-order valence-corrected chi connectivity index (χ1v) is 8.94. The summed E-state index contributed by atoms with van der Waals surface area (Å²) in [6, 6.07) is 14.6. The SMILES string of the molecule is CCCCCCOc1ccccc1C(=O)/C=N/Nc1ccc(OC)cc1. The topological polar surface area (TPSA) is 59.9 Å². The largest absolute Gasteiger partial charge is 0.497 e. The number of hydrazone groups is 1. The molecule has 0 aliphatic carbocycles. The van der Waals surface area contributed by atoms with Gasteiger partial charge in [0.2, 0.25) is 5.78 Å². The van der Waals surface area contributed by atoms with E-state index >= 15 is 0 Å². The van der Waals surface area contributed by atoms with E-state index < -0.39 is 0 Å². The molecule has 5 heteroatoms. The second kappa shape index (κ2) is 10.9. The van der Waals surface area contributed by atoms with E-state index in [9.17, 15) is 4.79 Å². The zero-order chi connectivity index (χ0) is 18.6. The highest BCUT2D eigenvalue weighted by atomic mass is 16.5. The number of Topliss-reactive ketones (excluding diaryl/α,β-unsaturated/α-hetero) is 1. The summed E-state index contributed by atoms with van der Waals surface area (Å²) in [4.78, 5) is 12.4. The number of nitrogens with zero attached hydrogens (tertiary/aromatic N) is 1. The lowest BCUT2D eigenvalue weighted by molar-refractivity contribution is 0.106. The molecule has 0 aromatic heterocycles. The van der Waals surface area contributed by atoms with Crippen molar-refractivity contribution in [3.05, 3.63) is 54.1 Å². The third-order valence-electron chi connectivity index (χ3n) is 3.87. The van der Waals surface area contributed by atoms with Crippen LogP contribution in [0.5, 0.6) is 11.5 Å². The van der Waals surface area contributed by atoms with Crippen LogP contribution in [0.1, 0.15) is 43.0 Å². The molecule has 0 heterocycles. The van der Waals surface area contributed by atoms with Crippen LogP contribution in [0.2, 0.25) is 0 Å². The van der Waals surface area contributed by atoms with Gasteiger partial charge in [-0.15, -0.1) is 0 Å². The molecule has 0 fully saturated rings. The van der Waals surface area contributed by atoms with Crippen molar-refractivity contribution < 1.29 is 14.3 Å². The van der Waals surface area contributed by atoms with Gasteiger partial charge in [-0.05, 0) is 42.8 Å². The van der Waals surface area contributed by atoms with Gasteiger partial charge in [-0.3, -0.25) is 10.2 Å². The van der Waals surface area contributed by atoms with Gasteiger partial charge < -0.3 is 9.47 Å². The first-order valence-electron chi connectivity index (χ1n) is 8.94. The Labute approximate surface area is 155 Å². The highest BCUT2D eigenvalue weighted by molar-refractivity contribution is 6.36. The summed E-state index contributed by atoms with van der Waals surface area (Å²) < 4.78 is 10.9. The molecule has 0 saturated heterocycles. The fourth-order valence-electron chi connectivity index (χ4n) is 2.41. The number of rotatable bonds is 11. The van der Waals surface area contributed by atoms with Crippen molar-refractivity contribution in [3.63, 3.8) is 0 Å². The molecule has 0 aliphatic rings. The van der Waals surface area contributed by atoms with Crippen LogP contribution >= 0.6 is 0 Å². The van der Waals surface area contributed by atoms with E-state index in [0.29, 0.717) is 17.9 Å². The second-order valence-corrected chi connectivity index (χ2v) is 5.87. The van der Waals surface area contributed by atoms with Gasteiger partial charge in [0.05, 0.1) is 31.2 Å². The molecule has 26 heavy (non-hydrogen) atoms. The van der Waals surface area contributed by atoms with E-state index in [1.54, 1.807) is 13.2 Å². The van der Waals surface area contributed by atoms with E-state index in [-0.39, 0.29) is 5.78 Å². The molecule has 0 saturated carbocycles. The highest BCUT2D eigenvalue weighted by Gasteiger charge is 2.10. The quantitative estimate of drug-likeness (QED) is 0.269. The van der Waals surface area contributed by atoms with Gasteiger partial charge >= 0.3 is 0 Å². The summed E-state index contributed by atoms with van der Waals surface area (Å²) in [5.74, 6) is 1.17. The van der Waals surface area contributed by atoms with Gasteiger partial charge in [0, 0.05) is 0 Å². The molecule has 0 unspecified atom stereocenters. The predicted molar refractivity (Wildman–Crippen MR) is 106 cm³/mol. The summed E-state index contributed by atoms with van der Waals surface area (Å²) in [5, 5.41) is 4.01. The number of para-hydroxylation sites is 1. The maximum Gasteiger partial charge on any atom is 0.209 e. The molecular formula is C21H26N2O3. The van der Waals surface area contributed by atoms with Crippen LogP contribution in [0.3, 0.4) is 0 Å². The smallest absolute Gasteiger partial charge is 0.209 e. The highest BCUT2D eigenvalue weighted by Crippen LogP contribution is 2.19. The standard InChI is InChI=1S/C21H26N2O3/c1-3-4-5-8-15-26-21-10-7-6-9-19(21)20(24)16-22-23-17-11-13-18(25-2)14-12-17/h6-7,9-14,16,23H,3-5,8,15H2,1-2H3/b22-16+. The van der Waals surface area contributed by atoms with Crippen LogP contribution in [-0.4, -0.2) is 25.7 Å². The van der Waals surface area contributed by atoms with Crippen molar-refractivity contribution in [2.45, 2.75) is 32.6 Å². The first kappa shape index (κ1) is 19.5. The fraction of sp³-hybridized carbons (Fsp3) is 0.333. The van der Waals surface area contributed by atoms with Crippen LogP contribution in [0.25, 0.3) is 0 Å². The number of ether oxygens (including phenoxy) is 2. The van der Waals surface area contributed by atoms with E-state index in [1.807, 2.05) is 42.5 Å². The van der Waals surface area contributed by atoms with E-state index in [1.165, 1.54) is 19.1 Å². The minimum atomic E-state index is -0.199. The Kier molecular flexibility index (Phi) is 8.19. The number of nitrogens with one attached hydrogen (secondary N) is 1. The lowest BCUT2D eigenvalue weighted by atomic mass is 10.1. The van der Waals surface area contributed by atoms with E-state index in [2.05, 4.69) is 17.5 Å². The normalized spacial score (nSPS) is 10.7. The Morgan fingerprint density at radius 3 is 2.58 bits per heavy atom. The summed E-state index contributed by atoms with van der Waals surface area (Å²) in [7, 11) is 1.61. The maximum absolute atomic E-state index is 12.4. The van der Waals surface area contributed by atoms with Gasteiger partial charge in [-0.25, -0.2) is 0 Å². The zero-order valence-electron chi connectivity index (χ0n) is 15.4. The van der Waals surface area contributed by atoms with E-state index in [4.69, 9.17) is 9.47 Å². The van der Waals surface area contributed by atoms with Gasteiger partial charge in [0.25, 0.3) is 0 Å². The van der Waals surface area contributed by atoms with Crippen LogP contribution in [0.15, 0.2) is 53.6 Å². The first-order chi connectivity index (χ1) is 12.7. The summed E-state index contributed by atoms with van der Waals surface area (Å²) in [6.07, 6.45) is 5.78. The van der Waals surface area contributed by atoms with Crippen molar-refractivity contribution in [1.29, 1.82) is 0 Å². The van der Waals surface area contributed by atoms with Crippen molar-refractivity contribution in [1.82, 2.24) is 0 Å². The number of anilines is 1. The van der Waals surface area contributed by atoms with Crippen LogP contribution in [-0.2, 0) is 0 Å². The van der Waals surface area contributed by atoms with Crippen LogP contribution in [0, 0.1) is 0 Å². The Bertz CT molecular complexity index is 711. The van der Waals surface area contributed by atoms with Crippen molar-refractivity contribution in [2.75, 3.05) is 19.1 Å². The minimum Gasteiger partial charge on any atom is -0.497 e. The third kappa shape index (κ3) is 6.24. The number of carbonyl (C=O) groups excluding carboxylic acids is 1. The average Bonchev–Trinajstić information content (AvgIpc) is 2.68. The Balaban J connectivity index is 1.91. The molecule has 138 valence electrons. The van der Waals surface area contributed by atoms with Gasteiger partial charge in [-0.1, -0.05) is 38.3 Å². The average molecular weight is 354 g/mol. The zero-order valence-corrected chi connectivity index (χ0v) is 15.4. The summed E-state index contributed by atoms with van der Waals surface area (Å²) in [5.41, 5.74) is 4.13. The molecule has 2 aromatic rings.